The predicted octanol–water partition coefficient (Wildman–Crippen LogP) is 4.04. The second-order valence-electron chi connectivity index (χ2n) is 7.97. The first kappa shape index (κ1) is 22.3. The summed E-state index contributed by atoms with van der Waals surface area (Å²) in [6.45, 7) is 3.64. The fourth-order valence-corrected chi connectivity index (χ4v) is 3.81. The van der Waals surface area contributed by atoms with Crippen LogP contribution in [0.25, 0.3) is 16.9 Å². The quantitative estimate of drug-likeness (QED) is 0.483. The fraction of sp³-hybridized carbons (Fsp3) is 0.240. The van der Waals surface area contributed by atoms with Crippen LogP contribution in [-0.4, -0.2) is 27.2 Å². The van der Waals surface area contributed by atoms with Gasteiger partial charge in [0, 0.05) is 42.0 Å². The van der Waals surface area contributed by atoms with Gasteiger partial charge in [0.05, 0.1) is 12.8 Å². The van der Waals surface area contributed by atoms with E-state index in [1.165, 1.54) is 16.6 Å². The molecule has 1 amide bonds. The Morgan fingerprint density at radius 3 is 2.70 bits per heavy atom. The number of amides is 1. The maximum atomic E-state index is 13.5. The normalized spacial score (nSPS) is 11.1. The van der Waals surface area contributed by atoms with Crippen LogP contribution in [0.5, 0.6) is 5.75 Å². The first-order valence-electron chi connectivity index (χ1n) is 10.6. The molecular weight excluding hydrogens is 423 g/mol. The number of ether oxygens (including phenoxy) is 1. The number of nitrogens with zero attached hydrogens (tertiary/aromatic N) is 3. The molecule has 7 nitrogen and oxygen atoms in total. The first-order valence-corrected chi connectivity index (χ1v) is 10.6. The number of carbonyl (C=O) groups excluding carboxylic acids is 1. The molecule has 0 unspecified atom stereocenters. The fourth-order valence-electron chi connectivity index (χ4n) is 3.81. The Morgan fingerprint density at radius 1 is 1.15 bits per heavy atom. The molecule has 2 aromatic heterocycles. The zero-order chi connectivity index (χ0) is 23.7. The third-order valence-corrected chi connectivity index (χ3v) is 5.87. The third kappa shape index (κ3) is 4.37. The highest BCUT2D eigenvalue weighted by atomic mass is 19.1. The molecular formula is C25H25FN4O3. The smallest absolute Gasteiger partial charge is 0.277 e. The van der Waals surface area contributed by atoms with Crippen molar-refractivity contribution in [3.63, 3.8) is 0 Å². The van der Waals surface area contributed by atoms with E-state index in [9.17, 15) is 14.0 Å². The van der Waals surface area contributed by atoms with Gasteiger partial charge in [-0.2, -0.15) is 9.61 Å². The average molecular weight is 448 g/mol. The summed E-state index contributed by atoms with van der Waals surface area (Å²) in [5.74, 6) is -0.00735. The highest BCUT2D eigenvalue weighted by Gasteiger charge is 2.17. The van der Waals surface area contributed by atoms with E-state index in [4.69, 9.17) is 4.74 Å². The van der Waals surface area contributed by atoms with Crippen LogP contribution in [0.2, 0.25) is 0 Å². The van der Waals surface area contributed by atoms with Crippen molar-refractivity contribution in [1.82, 2.24) is 14.2 Å². The van der Waals surface area contributed by atoms with Gasteiger partial charge in [-0.05, 0) is 50.1 Å². The first-order chi connectivity index (χ1) is 15.8. The molecule has 4 aromatic rings. The summed E-state index contributed by atoms with van der Waals surface area (Å²) in [6.07, 6.45) is 0.324. The van der Waals surface area contributed by atoms with Gasteiger partial charge in [-0.3, -0.25) is 9.59 Å². The number of methoxy groups -OCH3 is 1. The third-order valence-electron chi connectivity index (χ3n) is 5.87. The Kier molecular flexibility index (Phi) is 6.00. The van der Waals surface area contributed by atoms with E-state index in [1.807, 2.05) is 48.9 Å². The van der Waals surface area contributed by atoms with E-state index >= 15 is 0 Å². The number of halogens is 1. The zero-order valence-electron chi connectivity index (χ0n) is 19.0. The molecule has 0 aliphatic rings. The van der Waals surface area contributed by atoms with Crippen molar-refractivity contribution < 1.29 is 13.9 Å². The topological polar surface area (TPSA) is 77.6 Å². The Morgan fingerprint density at radius 2 is 1.94 bits per heavy atom. The minimum Gasteiger partial charge on any atom is -0.497 e. The van der Waals surface area contributed by atoms with Crippen molar-refractivity contribution in [2.75, 3.05) is 12.4 Å². The lowest BCUT2D eigenvalue weighted by atomic mass is 10.1. The van der Waals surface area contributed by atoms with E-state index in [-0.39, 0.29) is 24.3 Å². The highest BCUT2D eigenvalue weighted by Crippen LogP contribution is 2.24. The highest BCUT2D eigenvalue weighted by molar-refractivity contribution is 5.91. The molecule has 33 heavy (non-hydrogen) atoms. The molecule has 2 heterocycles. The van der Waals surface area contributed by atoms with E-state index in [0.717, 1.165) is 16.8 Å². The molecule has 4 rings (SSSR count). The minimum atomic E-state index is -0.420. The second-order valence-corrected chi connectivity index (χ2v) is 7.97. The van der Waals surface area contributed by atoms with Gasteiger partial charge in [-0.25, -0.2) is 4.39 Å². The molecule has 8 heteroatoms. The number of hydrogen-bond donors (Lipinski definition) is 1. The summed E-state index contributed by atoms with van der Waals surface area (Å²) < 4.78 is 22.0. The molecule has 0 atom stereocenters. The molecule has 0 fully saturated rings. The standard InChI is InChI=1S/C25H25FN4O3/c1-15-8-9-18(26)13-21(15)27-23(31)11-10-20-16(2)29(3)24-14-22(28-30(24)25(20)32)17-6-5-7-19(12-17)33-4/h5-9,12-14H,10-11H2,1-4H3,(H,27,31). The lowest BCUT2D eigenvalue weighted by Gasteiger charge is -2.12. The lowest BCUT2D eigenvalue weighted by Crippen LogP contribution is -2.26. The van der Waals surface area contributed by atoms with E-state index in [2.05, 4.69) is 10.4 Å². The zero-order valence-corrected chi connectivity index (χ0v) is 19.0. The molecule has 0 radical (unpaired) electrons. The number of rotatable bonds is 6. The van der Waals surface area contributed by atoms with Crippen LogP contribution in [0.15, 0.2) is 53.3 Å². The van der Waals surface area contributed by atoms with Crippen LogP contribution in [-0.2, 0) is 18.3 Å². The van der Waals surface area contributed by atoms with Gasteiger partial charge in [0.25, 0.3) is 5.56 Å². The minimum absolute atomic E-state index is 0.0849. The molecule has 1 N–H and O–H groups in total. The number of anilines is 1. The van der Waals surface area contributed by atoms with Crippen molar-refractivity contribution in [2.45, 2.75) is 26.7 Å². The Bertz CT molecular complexity index is 1420. The molecule has 0 saturated carbocycles. The van der Waals surface area contributed by atoms with Gasteiger partial charge in [0.2, 0.25) is 5.91 Å². The summed E-state index contributed by atoms with van der Waals surface area (Å²) >= 11 is 0. The van der Waals surface area contributed by atoms with Crippen molar-refractivity contribution >= 4 is 17.2 Å². The van der Waals surface area contributed by atoms with E-state index in [1.54, 1.807) is 20.1 Å². The SMILES string of the molecule is COc1cccc(-c2cc3n(C)c(C)c(CCC(=O)Nc4cc(F)ccc4C)c(=O)n3n2)c1. The van der Waals surface area contributed by atoms with E-state index in [0.29, 0.717) is 28.3 Å². The second kappa shape index (κ2) is 8.90. The summed E-state index contributed by atoms with van der Waals surface area (Å²) in [4.78, 5) is 25.7. The number of nitrogens with one attached hydrogen (secondary N) is 1. The number of hydrogen-bond acceptors (Lipinski definition) is 4. The predicted molar refractivity (Wildman–Crippen MR) is 125 cm³/mol. The molecule has 0 spiro atoms. The maximum absolute atomic E-state index is 13.5. The Labute approximate surface area is 190 Å². The lowest BCUT2D eigenvalue weighted by molar-refractivity contribution is -0.116. The Hall–Kier alpha value is -3.94. The van der Waals surface area contributed by atoms with Gasteiger partial charge in [0.1, 0.15) is 17.2 Å². The number of aryl methyl sites for hydroxylation is 2. The van der Waals surface area contributed by atoms with Crippen molar-refractivity contribution in [3.8, 4) is 17.0 Å². The van der Waals surface area contributed by atoms with Crippen molar-refractivity contribution in [2.24, 2.45) is 7.05 Å². The van der Waals surface area contributed by atoms with Crippen LogP contribution >= 0.6 is 0 Å². The van der Waals surface area contributed by atoms with Crippen LogP contribution in [0.1, 0.15) is 23.2 Å². The summed E-state index contributed by atoms with van der Waals surface area (Å²) in [6, 6.07) is 13.6. The summed E-state index contributed by atoms with van der Waals surface area (Å²) in [5.41, 5.74) is 4.34. The molecule has 2 aromatic carbocycles. The number of benzene rings is 2. The van der Waals surface area contributed by atoms with Gasteiger partial charge < -0.3 is 14.6 Å². The van der Waals surface area contributed by atoms with Crippen LogP contribution < -0.4 is 15.6 Å². The van der Waals surface area contributed by atoms with Crippen LogP contribution in [0.3, 0.4) is 0 Å². The Balaban J connectivity index is 1.62. The summed E-state index contributed by atoms with van der Waals surface area (Å²) in [7, 11) is 3.46. The van der Waals surface area contributed by atoms with Crippen molar-refractivity contribution in [3.05, 3.63) is 81.5 Å². The van der Waals surface area contributed by atoms with Gasteiger partial charge in [-0.15, -0.1) is 0 Å². The molecule has 170 valence electrons. The summed E-state index contributed by atoms with van der Waals surface area (Å²) in [5, 5.41) is 7.25. The monoisotopic (exact) mass is 448 g/mol. The maximum Gasteiger partial charge on any atom is 0.277 e. The number of fused-ring (bicyclic) bond motifs is 1. The molecule has 0 aliphatic carbocycles. The molecule has 0 saturated heterocycles. The van der Waals surface area contributed by atoms with Crippen molar-refractivity contribution in [1.29, 1.82) is 0 Å². The molecule has 0 aliphatic heterocycles. The number of aromatic nitrogens is 3. The van der Waals surface area contributed by atoms with Gasteiger partial charge >= 0.3 is 0 Å². The van der Waals surface area contributed by atoms with Crippen LogP contribution in [0, 0.1) is 19.7 Å². The average Bonchev–Trinajstić information content (AvgIpc) is 3.26. The van der Waals surface area contributed by atoms with Crippen LogP contribution in [0.4, 0.5) is 10.1 Å². The molecule has 0 bridgehead atoms. The van der Waals surface area contributed by atoms with Gasteiger partial charge in [-0.1, -0.05) is 18.2 Å². The van der Waals surface area contributed by atoms with Gasteiger partial charge in [0.15, 0.2) is 0 Å². The number of carbonyl (C=O) groups is 1. The largest absolute Gasteiger partial charge is 0.497 e. The van der Waals surface area contributed by atoms with E-state index < -0.39 is 5.82 Å².